The fourth-order valence-electron chi connectivity index (χ4n) is 3.25. The molecule has 10 nitrogen and oxygen atoms in total. The molecule has 1 heterocycles. The Bertz CT molecular complexity index is 1030. The van der Waals surface area contributed by atoms with Gasteiger partial charge in [-0.1, -0.05) is 0 Å². The fraction of sp³-hybridized carbons (Fsp3) is 0.450. The van der Waals surface area contributed by atoms with Crippen molar-refractivity contribution in [1.29, 1.82) is 0 Å². The molecule has 2 aromatic rings. The van der Waals surface area contributed by atoms with Crippen molar-refractivity contribution in [2.45, 2.75) is 30.3 Å². The molecule has 0 atom stereocenters. The first-order valence-corrected chi connectivity index (χ1v) is 11.3. The van der Waals surface area contributed by atoms with Gasteiger partial charge in [-0.25, -0.2) is 8.42 Å². The molecule has 0 saturated heterocycles. The molecule has 0 radical (unpaired) electrons. The lowest BCUT2D eigenvalue weighted by Gasteiger charge is -2.27. The minimum absolute atomic E-state index is 0.00970. The summed E-state index contributed by atoms with van der Waals surface area (Å²) in [5.41, 5.74) is 0.753. The highest BCUT2D eigenvalue weighted by molar-refractivity contribution is 7.89. The van der Waals surface area contributed by atoms with Crippen LogP contribution in [0.25, 0.3) is 0 Å². The van der Waals surface area contributed by atoms with Crippen LogP contribution in [0.15, 0.2) is 47.5 Å². The second-order valence-electron chi connectivity index (χ2n) is 7.45. The van der Waals surface area contributed by atoms with Crippen LogP contribution in [-0.2, 0) is 33.1 Å². The maximum Gasteiger partial charge on any atom is 0.269 e. The predicted molar refractivity (Wildman–Crippen MR) is 113 cm³/mol. The lowest BCUT2D eigenvalue weighted by molar-refractivity contribution is -0.384. The van der Waals surface area contributed by atoms with Gasteiger partial charge in [0.1, 0.15) is 0 Å². The van der Waals surface area contributed by atoms with E-state index in [4.69, 9.17) is 4.74 Å². The SMILES string of the molecule is COCCN(CC(=O)N(Cc1cccn1C)C1CC1)S(=O)(=O)c1ccc([N+](=O)[O-])cc1. The average molecular weight is 451 g/mol. The van der Waals surface area contributed by atoms with Gasteiger partial charge in [-0.05, 0) is 37.1 Å². The number of methoxy groups -OCH3 is 1. The maximum atomic E-state index is 13.2. The van der Waals surface area contributed by atoms with Gasteiger partial charge in [0.2, 0.25) is 15.9 Å². The molecule has 1 aromatic heterocycles. The molecule has 0 spiro atoms. The molecule has 3 rings (SSSR count). The Morgan fingerprint density at radius 3 is 2.45 bits per heavy atom. The van der Waals surface area contributed by atoms with E-state index < -0.39 is 14.9 Å². The largest absolute Gasteiger partial charge is 0.383 e. The number of carbonyl (C=O) groups is 1. The van der Waals surface area contributed by atoms with Crippen molar-refractivity contribution in [2.75, 3.05) is 26.8 Å². The Hall–Kier alpha value is -2.76. The average Bonchev–Trinajstić information content (AvgIpc) is 3.50. The van der Waals surface area contributed by atoms with Crippen molar-refractivity contribution in [3.63, 3.8) is 0 Å². The van der Waals surface area contributed by atoms with E-state index >= 15 is 0 Å². The summed E-state index contributed by atoms with van der Waals surface area (Å²) in [6, 6.07) is 8.56. The van der Waals surface area contributed by atoms with Crippen molar-refractivity contribution in [3.05, 3.63) is 58.4 Å². The van der Waals surface area contributed by atoms with Crippen molar-refractivity contribution in [3.8, 4) is 0 Å². The maximum absolute atomic E-state index is 13.2. The molecule has 31 heavy (non-hydrogen) atoms. The number of nitrogens with zero attached hydrogens (tertiary/aromatic N) is 4. The normalized spacial score (nSPS) is 14.0. The van der Waals surface area contributed by atoms with Gasteiger partial charge in [-0.2, -0.15) is 4.31 Å². The predicted octanol–water partition coefficient (Wildman–Crippen LogP) is 1.76. The summed E-state index contributed by atoms with van der Waals surface area (Å²) in [6.45, 7) is 0.178. The number of hydrogen-bond donors (Lipinski definition) is 0. The van der Waals surface area contributed by atoms with Crippen LogP contribution in [0.3, 0.4) is 0 Å². The zero-order valence-corrected chi connectivity index (χ0v) is 18.3. The molecule has 0 aliphatic heterocycles. The summed E-state index contributed by atoms with van der Waals surface area (Å²) in [6.07, 6.45) is 3.68. The molecule has 0 unspecified atom stereocenters. The third-order valence-electron chi connectivity index (χ3n) is 5.23. The second kappa shape index (κ2) is 9.58. The van der Waals surface area contributed by atoms with Crippen LogP contribution in [0.5, 0.6) is 0 Å². The highest BCUT2D eigenvalue weighted by Gasteiger charge is 2.35. The van der Waals surface area contributed by atoms with E-state index in [0.29, 0.717) is 6.54 Å². The number of carbonyl (C=O) groups excluding carboxylic acids is 1. The van der Waals surface area contributed by atoms with E-state index in [1.54, 1.807) is 4.90 Å². The highest BCUT2D eigenvalue weighted by atomic mass is 32.2. The van der Waals surface area contributed by atoms with Gasteiger partial charge in [-0.3, -0.25) is 14.9 Å². The summed E-state index contributed by atoms with van der Waals surface area (Å²) in [7, 11) is -0.695. The number of hydrogen-bond acceptors (Lipinski definition) is 6. The van der Waals surface area contributed by atoms with Gasteiger partial charge in [0.25, 0.3) is 5.69 Å². The summed E-state index contributed by atoms with van der Waals surface area (Å²) in [5.74, 6) is -0.287. The van der Waals surface area contributed by atoms with E-state index in [-0.39, 0.29) is 42.2 Å². The quantitative estimate of drug-likeness (QED) is 0.381. The second-order valence-corrected chi connectivity index (χ2v) is 9.38. The van der Waals surface area contributed by atoms with Crippen LogP contribution >= 0.6 is 0 Å². The zero-order chi connectivity index (χ0) is 22.6. The molecule has 1 saturated carbocycles. The van der Waals surface area contributed by atoms with Gasteiger partial charge in [-0.15, -0.1) is 0 Å². The Morgan fingerprint density at radius 2 is 1.94 bits per heavy atom. The molecule has 11 heteroatoms. The lowest BCUT2D eigenvalue weighted by Crippen LogP contribution is -2.44. The standard InChI is InChI=1S/C20H26N4O6S/c1-21-11-3-4-18(21)14-23(16-5-6-16)20(25)15-22(12-13-30-2)31(28,29)19-9-7-17(8-10-19)24(26)27/h3-4,7-11,16H,5-6,12-15H2,1-2H3. The first-order chi connectivity index (χ1) is 14.7. The molecular formula is C20H26N4O6S. The molecule has 1 aliphatic carbocycles. The Labute approximate surface area is 181 Å². The number of benzene rings is 1. The monoisotopic (exact) mass is 450 g/mol. The smallest absolute Gasteiger partial charge is 0.269 e. The van der Waals surface area contributed by atoms with E-state index in [1.165, 1.54) is 19.2 Å². The van der Waals surface area contributed by atoms with Crippen LogP contribution in [-0.4, -0.2) is 65.9 Å². The van der Waals surface area contributed by atoms with Crippen LogP contribution in [0.4, 0.5) is 5.69 Å². The third-order valence-corrected chi connectivity index (χ3v) is 7.09. The number of aryl methyl sites for hydroxylation is 1. The van der Waals surface area contributed by atoms with Gasteiger partial charge in [0.15, 0.2) is 0 Å². The fourth-order valence-corrected chi connectivity index (χ4v) is 4.62. The molecule has 168 valence electrons. The third kappa shape index (κ3) is 5.49. The van der Waals surface area contributed by atoms with E-state index in [9.17, 15) is 23.3 Å². The summed E-state index contributed by atoms with van der Waals surface area (Å²) >= 11 is 0. The molecule has 1 amide bonds. The number of non-ortho nitro benzene ring substituents is 1. The molecule has 1 aliphatic rings. The van der Waals surface area contributed by atoms with Gasteiger partial charge < -0.3 is 14.2 Å². The Kier molecular flexibility index (Phi) is 7.08. The number of ether oxygens (including phenoxy) is 1. The summed E-state index contributed by atoms with van der Waals surface area (Å²) in [4.78, 5) is 25.0. The molecule has 0 N–H and O–H groups in total. The van der Waals surface area contributed by atoms with Crippen molar-refractivity contribution < 1.29 is 22.9 Å². The van der Waals surface area contributed by atoms with Gasteiger partial charge in [0, 0.05) is 50.8 Å². The number of rotatable bonds is 11. The highest BCUT2D eigenvalue weighted by Crippen LogP contribution is 2.29. The number of nitro groups is 1. The first kappa shape index (κ1) is 22.9. The molecular weight excluding hydrogens is 424 g/mol. The van der Waals surface area contributed by atoms with Crippen molar-refractivity contribution >= 4 is 21.6 Å². The summed E-state index contributed by atoms with van der Waals surface area (Å²) in [5, 5.41) is 10.9. The minimum Gasteiger partial charge on any atom is -0.383 e. The Morgan fingerprint density at radius 1 is 1.26 bits per heavy atom. The van der Waals surface area contributed by atoms with Crippen LogP contribution in [0.1, 0.15) is 18.5 Å². The van der Waals surface area contributed by atoms with Gasteiger partial charge in [0.05, 0.1) is 29.5 Å². The van der Waals surface area contributed by atoms with Crippen LogP contribution < -0.4 is 0 Å². The number of amides is 1. The minimum atomic E-state index is -4.04. The Balaban J connectivity index is 1.81. The van der Waals surface area contributed by atoms with Crippen molar-refractivity contribution in [1.82, 2.24) is 13.8 Å². The zero-order valence-electron chi connectivity index (χ0n) is 17.5. The van der Waals surface area contributed by atoms with Crippen molar-refractivity contribution in [2.24, 2.45) is 7.05 Å². The van der Waals surface area contributed by atoms with Crippen LogP contribution in [0, 0.1) is 10.1 Å². The van der Waals surface area contributed by atoms with Crippen LogP contribution in [0.2, 0.25) is 0 Å². The first-order valence-electron chi connectivity index (χ1n) is 9.87. The number of nitro benzene ring substituents is 1. The molecule has 1 fully saturated rings. The molecule has 1 aromatic carbocycles. The van der Waals surface area contributed by atoms with Gasteiger partial charge >= 0.3 is 0 Å². The van der Waals surface area contributed by atoms with E-state index in [1.807, 2.05) is 29.9 Å². The summed E-state index contributed by atoms with van der Waals surface area (Å²) < 4.78 is 34.4. The number of sulfonamides is 1. The molecule has 0 bridgehead atoms. The van der Waals surface area contributed by atoms with E-state index in [2.05, 4.69) is 0 Å². The number of aromatic nitrogens is 1. The van der Waals surface area contributed by atoms with E-state index in [0.717, 1.165) is 35.0 Å². The topological polar surface area (TPSA) is 115 Å². The lowest BCUT2D eigenvalue weighted by atomic mass is 10.3.